The van der Waals surface area contributed by atoms with Crippen molar-refractivity contribution in [3.8, 4) is 0 Å². The molecule has 0 heterocycles. The van der Waals surface area contributed by atoms with Gasteiger partial charge in [-0.05, 0) is 5.92 Å². The van der Waals surface area contributed by atoms with E-state index in [1.54, 1.807) is 0 Å². The molecule has 2 heteroatoms. The summed E-state index contributed by atoms with van der Waals surface area (Å²) in [5.41, 5.74) is 10.8. The first-order valence-electron chi connectivity index (χ1n) is 2.24. The van der Waals surface area contributed by atoms with Gasteiger partial charge in [0.25, 0.3) is 0 Å². The number of hydrogen-bond donors (Lipinski definition) is 2. The third-order valence-electron chi connectivity index (χ3n) is 1.52. The van der Waals surface area contributed by atoms with Crippen molar-refractivity contribution in [1.82, 2.24) is 0 Å². The Morgan fingerprint density at radius 3 is 1.33 bits per heavy atom. The molecule has 2 nitrogen and oxygen atoms in total. The molecule has 0 aromatic carbocycles. The molecule has 1 aliphatic carbocycles. The van der Waals surface area contributed by atoms with Crippen LogP contribution in [0.5, 0.6) is 0 Å². The second-order valence-corrected chi connectivity index (χ2v) is 2.01. The van der Waals surface area contributed by atoms with Crippen LogP contribution < -0.4 is 11.5 Å². The first-order valence-corrected chi connectivity index (χ1v) is 2.24. The Morgan fingerprint density at radius 1 is 1.17 bits per heavy atom. The van der Waals surface area contributed by atoms with E-state index in [2.05, 4.69) is 6.92 Å². The highest BCUT2D eigenvalue weighted by Gasteiger charge is 2.39. The fraction of sp³-hybridized carbons (Fsp3) is 1.00. The maximum absolute atomic E-state index is 5.38. The first kappa shape index (κ1) is 4.09. The van der Waals surface area contributed by atoms with Gasteiger partial charge in [0, 0.05) is 12.1 Å². The van der Waals surface area contributed by atoms with Gasteiger partial charge in [-0.25, -0.2) is 0 Å². The average molecular weight is 86.1 g/mol. The highest BCUT2D eigenvalue weighted by molar-refractivity contribution is 5.01. The maximum Gasteiger partial charge on any atom is 0.0237 e. The standard InChI is InChI=1S/C4H10N2/c1-2-3(5)4(2)6/h2-4H,5-6H2,1H3/t2?,3-,4?/m1/s1. The van der Waals surface area contributed by atoms with Crippen LogP contribution in [0.25, 0.3) is 0 Å². The maximum atomic E-state index is 5.38. The Balaban J connectivity index is 2.31. The molecule has 1 saturated carbocycles. The zero-order valence-corrected chi connectivity index (χ0v) is 3.89. The lowest BCUT2D eigenvalue weighted by Gasteiger charge is -1.70. The molecule has 1 aliphatic rings. The molecule has 1 fully saturated rings. The first-order chi connectivity index (χ1) is 2.73. The summed E-state index contributed by atoms with van der Waals surface area (Å²) in [5, 5.41) is 0. The van der Waals surface area contributed by atoms with Gasteiger partial charge in [0.1, 0.15) is 0 Å². The highest BCUT2D eigenvalue weighted by Crippen LogP contribution is 2.24. The lowest BCUT2D eigenvalue weighted by molar-refractivity contribution is 0.879. The summed E-state index contributed by atoms with van der Waals surface area (Å²) in [6.07, 6.45) is 0. The Labute approximate surface area is 37.5 Å². The van der Waals surface area contributed by atoms with E-state index in [9.17, 15) is 0 Å². The van der Waals surface area contributed by atoms with E-state index in [1.807, 2.05) is 0 Å². The molecule has 0 bridgehead atoms. The van der Waals surface area contributed by atoms with Gasteiger partial charge in [0.2, 0.25) is 0 Å². The fourth-order valence-electron chi connectivity index (χ4n) is 0.526. The molecular formula is C4H10N2. The molecule has 4 N–H and O–H groups in total. The number of hydrogen-bond acceptors (Lipinski definition) is 2. The summed E-state index contributed by atoms with van der Waals surface area (Å²) in [6.45, 7) is 2.06. The van der Waals surface area contributed by atoms with Crippen molar-refractivity contribution in [3.05, 3.63) is 0 Å². The van der Waals surface area contributed by atoms with Crippen molar-refractivity contribution in [2.24, 2.45) is 17.4 Å². The second-order valence-electron chi connectivity index (χ2n) is 2.01. The van der Waals surface area contributed by atoms with Crippen molar-refractivity contribution in [1.29, 1.82) is 0 Å². The summed E-state index contributed by atoms with van der Waals surface area (Å²) in [6, 6.07) is 0.593. The molecule has 36 valence electrons. The molecule has 0 radical (unpaired) electrons. The molecule has 0 amide bonds. The molecule has 0 aromatic rings. The predicted octanol–water partition coefficient (Wildman–Crippen LogP) is -0.709. The van der Waals surface area contributed by atoms with Crippen molar-refractivity contribution < 1.29 is 0 Å². The van der Waals surface area contributed by atoms with E-state index in [0.717, 1.165) is 0 Å². The molecule has 0 saturated heterocycles. The van der Waals surface area contributed by atoms with Crippen LogP contribution in [0.3, 0.4) is 0 Å². The minimum Gasteiger partial charge on any atom is -0.326 e. The Morgan fingerprint density at radius 2 is 1.33 bits per heavy atom. The molecule has 2 unspecified atom stereocenters. The summed E-state index contributed by atoms with van der Waals surface area (Å²) >= 11 is 0. The Bertz CT molecular complexity index is 42.3. The number of rotatable bonds is 0. The van der Waals surface area contributed by atoms with Crippen molar-refractivity contribution in [3.63, 3.8) is 0 Å². The Hall–Kier alpha value is -0.0800. The zero-order chi connectivity index (χ0) is 4.73. The lowest BCUT2D eigenvalue weighted by Crippen LogP contribution is -2.12. The minimum atomic E-state index is 0.296. The second kappa shape index (κ2) is 0.950. The largest absolute Gasteiger partial charge is 0.326 e. The van der Waals surface area contributed by atoms with Gasteiger partial charge in [-0.2, -0.15) is 0 Å². The van der Waals surface area contributed by atoms with Crippen LogP contribution in [0.15, 0.2) is 0 Å². The molecule has 3 atom stereocenters. The molecule has 0 aliphatic heterocycles. The van der Waals surface area contributed by atoms with Gasteiger partial charge in [-0.3, -0.25) is 0 Å². The van der Waals surface area contributed by atoms with Crippen molar-refractivity contribution >= 4 is 0 Å². The normalized spacial score (nSPS) is 55.5. The molecule has 6 heavy (non-hydrogen) atoms. The third kappa shape index (κ3) is 0.340. The van der Waals surface area contributed by atoms with E-state index >= 15 is 0 Å². The summed E-state index contributed by atoms with van der Waals surface area (Å²) in [4.78, 5) is 0. The predicted molar refractivity (Wildman–Crippen MR) is 25.1 cm³/mol. The monoisotopic (exact) mass is 86.1 g/mol. The van der Waals surface area contributed by atoms with E-state index in [1.165, 1.54) is 0 Å². The molecule has 0 aromatic heterocycles. The van der Waals surface area contributed by atoms with Gasteiger partial charge in [-0.15, -0.1) is 0 Å². The fourth-order valence-corrected chi connectivity index (χ4v) is 0.526. The quantitative estimate of drug-likeness (QED) is 0.409. The van der Waals surface area contributed by atoms with Gasteiger partial charge < -0.3 is 11.5 Å². The van der Waals surface area contributed by atoms with Crippen LogP contribution in [-0.4, -0.2) is 12.1 Å². The summed E-state index contributed by atoms with van der Waals surface area (Å²) < 4.78 is 0. The van der Waals surface area contributed by atoms with Gasteiger partial charge >= 0.3 is 0 Å². The molecule has 1 rings (SSSR count). The van der Waals surface area contributed by atoms with Crippen LogP contribution in [0.1, 0.15) is 6.92 Å². The van der Waals surface area contributed by atoms with E-state index in [0.29, 0.717) is 18.0 Å². The molecular weight excluding hydrogens is 76.1 g/mol. The zero-order valence-electron chi connectivity index (χ0n) is 3.89. The van der Waals surface area contributed by atoms with Crippen molar-refractivity contribution in [2.45, 2.75) is 19.0 Å². The molecule has 0 spiro atoms. The van der Waals surface area contributed by atoms with Crippen LogP contribution in [-0.2, 0) is 0 Å². The summed E-state index contributed by atoms with van der Waals surface area (Å²) in [7, 11) is 0. The van der Waals surface area contributed by atoms with Gasteiger partial charge in [0.15, 0.2) is 0 Å². The average Bonchev–Trinajstić information content (AvgIpc) is 1.94. The topological polar surface area (TPSA) is 52.0 Å². The van der Waals surface area contributed by atoms with Crippen molar-refractivity contribution in [2.75, 3.05) is 0 Å². The highest BCUT2D eigenvalue weighted by atomic mass is 14.9. The number of nitrogens with two attached hydrogens (primary N) is 2. The van der Waals surface area contributed by atoms with E-state index < -0.39 is 0 Å². The van der Waals surface area contributed by atoms with Crippen LogP contribution in [0.2, 0.25) is 0 Å². The third-order valence-corrected chi connectivity index (χ3v) is 1.52. The smallest absolute Gasteiger partial charge is 0.0237 e. The minimum absolute atomic E-state index is 0.296. The van der Waals surface area contributed by atoms with Crippen LogP contribution in [0, 0.1) is 5.92 Å². The lowest BCUT2D eigenvalue weighted by atomic mass is 10.5. The van der Waals surface area contributed by atoms with Gasteiger partial charge in [0.05, 0.1) is 0 Å². The SMILES string of the molecule is CC1C(N)[C@@H]1N. The summed E-state index contributed by atoms with van der Waals surface area (Å²) in [5.74, 6) is 0.574. The van der Waals surface area contributed by atoms with Gasteiger partial charge in [-0.1, -0.05) is 6.92 Å². The van der Waals surface area contributed by atoms with E-state index in [4.69, 9.17) is 11.5 Å². The van der Waals surface area contributed by atoms with E-state index in [-0.39, 0.29) is 0 Å². The van der Waals surface area contributed by atoms with Crippen LogP contribution in [0.4, 0.5) is 0 Å². The Kier molecular flexibility index (Phi) is 0.648. The van der Waals surface area contributed by atoms with Crippen LogP contribution >= 0.6 is 0 Å².